The SMILES string of the molecule is CCOC(=O)NNC(=O)[C@@H]1CC[C@@H]2CN1C(=O)N2O. The van der Waals surface area contributed by atoms with Gasteiger partial charge in [0, 0.05) is 6.54 Å². The Kier molecular flexibility index (Phi) is 3.74. The summed E-state index contributed by atoms with van der Waals surface area (Å²) in [5.74, 6) is -0.504. The molecule has 19 heavy (non-hydrogen) atoms. The second-order valence-corrected chi connectivity index (χ2v) is 4.36. The molecule has 2 aliphatic heterocycles. The number of nitrogens with one attached hydrogen (secondary N) is 2. The van der Waals surface area contributed by atoms with Crippen LogP contribution in [0.4, 0.5) is 9.59 Å². The molecule has 2 saturated heterocycles. The summed E-state index contributed by atoms with van der Waals surface area (Å²) in [6, 6.07) is -1.53. The van der Waals surface area contributed by atoms with Crippen LogP contribution < -0.4 is 10.9 Å². The molecule has 2 atom stereocenters. The average Bonchev–Trinajstić information content (AvgIpc) is 2.62. The fourth-order valence-corrected chi connectivity index (χ4v) is 2.29. The Labute approximate surface area is 109 Å². The molecule has 3 N–H and O–H groups in total. The Balaban J connectivity index is 1.90. The van der Waals surface area contributed by atoms with Crippen molar-refractivity contribution < 1.29 is 24.3 Å². The molecule has 9 heteroatoms. The van der Waals surface area contributed by atoms with E-state index in [-0.39, 0.29) is 12.6 Å². The number of nitrogens with zero attached hydrogens (tertiary/aromatic N) is 2. The summed E-state index contributed by atoms with van der Waals surface area (Å²) in [5.41, 5.74) is 4.29. The first kappa shape index (κ1) is 13.4. The molecule has 2 aliphatic rings. The van der Waals surface area contributed by atoms with Crippen LogP contribution in [0.2, 0.25) is 0 Å². The van der Waals surface area contributed by atoms with Crippen molar-refractivity contribution in [3.8, 4) is 0 Å². The van der Waals surface area contributed by atoms with E-state index < -0.39 is 24.1 Å². The molecule has 2 heterocycles. The summed E-state index contributed by atoms with van der Waals surface area (Å²) >= 11 is 0. The molecule has 9 nitrogen and oxygen atoms in total. The third kappa shape index (κ3) is 2.55. The van der Waals surface area contributed by atoms with Crippen molar-refractivity contribution in [3.05, 3.63) is 0 Å². The van der Waals surface area contributed by atoms with Crippen molar-refractivity contribution in [1.82, 2.24) is 20.8 Å². The van der Waals surface area contributed by atoms with Gasteiger partial charge in [0.1, 0.15) is 6.04 Å². The summed E-state index contributed by atoms with van der Waals surface area (Å²) in [7, 11) is 0. The molecule has 0 radical (unpaired) electrons. The van der Waals surface area contributed by atoms with Crippen LogP contribution in [0.3, 0.4) is 0 Å². The molecule has 0 unspecified atom stereocenters. The van der Waals surface area contributed by atoms with Crippen LogP contribution in [-0.2, 0) is 9.53 Å². The van der Waals surface area contributed by atoms with E-state index in [1.165, 1.54) is 4.90 Å². The maximum Gasteiger partial charge on any atom is 0.426 e. The van der Waals surface area contributed by atoms with Crippen LogP contribution in [0.5, 0.6) is 0 Å². The third-order valence-electron chi connectivity index (χ3n) is 3.21. The Bertz CT molecular complexity index is 401. The molecule has 0 aliphatic carbocycles. The molecule has 0 spiro atoms. The van der Waals surface area contributed by atoms with Gasteiger partial charge in [-0.05, 0) is 19.8 Å². The summed E-state index contributed by atoms with van der Waals surface area (Å²) < 4.78 is 4.59. The number of ether oxygens (including phenoxy) is 1. The Morgan fingerprint density at radius 2 is 2.16 bits per heavy atom. The van der Waals surface area contributed by atoms with E-state index in [1.807, 2.05) is 0 Å². The zero-order chi connectivity index (χ0) is 14.0. The van der Waals surface area contributed by atoms with E-state index in [0.29, 0.717) is 24.4 Å². The van der Waals surface area contributed by atoms with Crippen LogP contribution in [-0.4, -0.2) is 58.4 Å². The van der Waals surface area contributed by atoms with Gasteiger partial charge < -0.3 is 9.64 Å². The van der Waals surface area contributed by atoms with Crippen molar-refractivity contribution in [2.75, 3.05) is 13.2 Å². The number of urea groups is 1. The number of carbonyl (C=O) groups is 3. The molecule has 0 aromatic carbocycles. The number of hydrogen-bond acceptors (Lipinski definition) is 5. The van der Waals surface area contributed by atoms with Crippen LogP contribution in [0, 0.1) is 0 Å². The zero-order valence-corrected chi connectivity index (χ0v) is 10.5. The Morgan fingerprint density at radius 3 is 2.84 bits per heavy atom. The second kappa shape index (κ2) is 5.31. The van der Waals surface area contributed by atoms with Gasteiger partial charge in [0.15, 0.2) is 0 Å². The summed E-state index contributed by atoms with van der Waals surface area (Å²) in [6.07, 6.45) is 0.209. The topological polar surface area (TPSA) is 111 Å². The van der Waals surface area contributed by atoms with Crippen molar-refractivity contribution in [2.24, 2.45) is 0 Å². The number of carbonyl (C=O) groups excluding carboxylic acids is 3. The standard InChI is InChI=1S/C10H16N4O5/c1-2-19-9(16)12-11-8(15)7-4-3-6-5-13(7)10(17)14(6)18/h6-7,18H,2-5H2,1H3,(H,11,15)(H,12,16)/t6-,7+/m1/s1. The lowest BCUT2D eigenvalue weighted by Crippen LogP contribution is -2.54. The molecule has 106 valence electrons. The zero-order valence-electron chi connectivity index (χ0n) is 10.5. The normalized spacial score (nSPS) is 25.3. The number of hydrazine groups is 1. The maximum atomic E-state index is 11.9. The van der Waals surface area contributed by atoms with E-state index in [0.717, 1.165) is 0 Å². The van der Waals surface area contributed by atoms with E-state index in [4.69, 9.17) is 0 Å². The van der Waals surface area contributed by atoms with Gasteiger partial charge in [-0.2, -0.15) is 0 Å². The number of hydrogen-bond donors (Lipinski definition) is 3. The molecule has 4 amide bonds. The highest BCUT2D eigenvalue weighted by Gasteiger charge is 2.46. The lowest BCUT2D eigenvalue weighted by molar-refractivity contribution is -0.127. The molecule has 2 rings (SSSR count). The number of rotatable bonds is 2. The van der Waals surface area contributed by atoms with Gasteiger partial charge in [0.2, 0.25) is 0 Å². The molecule has 0 aromatic rings. The number of amides is 4. The van der Waals surface area contributed by atoms with Crippen LogP contribution in [0.15, 0.2) is 0 Å². The number of hydroxylamine groups is 2. The smallest absolute Gasteiger partial charge is 0.426 e. The Hall–Kier alpha value is -2.03. The highest BCUT2D eigenvalue weighted by Crippen LogP contribution is 2.28. The molecule has 2 bridgehead atoms. The van der Waals surface area contributed by atoms with Crippen molar-refractivity contribution >= 4 is 18.0 Å². The lowest BCUT2D eigenvalue weighted by atomic mass is 10.0. The maximum absolute atomic E-state index is 11.9. The van der Waals surface area contributed by atoms with Crippen molar-refractivity contribution in [1.29, 1.82) is 0 Å². The van der Waals surface area contributed by atoms with E-state index >= 15 is 0 Å². The van der Waals surface area contributed by atoms with Crippen LogP contribution in [0.1, 0.15) is 19.8 Å². The molecule has 2 fully saturated rings. The van der Waals surface area contributed by atoms with Crippen molar-refractivity contribution in [3.63, 3.8) is 0 Å². The Morgan fingerprint density at radius 1 is 1.42 bits per heavy atom. The van der Waals surface area contributed by atoms with Crippen LogP contribution >= 0.6 is 0 Å². The first-order valence-electron chi connectivity index (χ1n) is 6.06. The van der Waals surface area contributed by atoms with Gasteiger partial charge in [-0.3, -0.25) is 15.4 Å². The summed E-state index contributed by atoms with van der Waals surface area (Å²) in [4.78, 5) is 35.8. The first-order valence-corrected chi connectivity index (χ1v) is 6.06. The fourth-order valence-electron chi connectivity index (χ4n) is 2.29. The van der Waals surface area contributed by atoms with Gasteiger partial charge in [-0.25, -0.2) is 20.1 Å². The third-order valence-corrected chi connectivity index (χ3v) is 3.21. The predicted octanol–water partition coefficient (Wildman–Crippen LogP) is -0.578. The predicted molar refractivity (Wildman–Crippen MR) is 60.8 cm³/mol. The summed E-state index contributed by atoms with van der Waals surface area (Å²) in [5, 5.41) is 10.1. The average molecular weight is 272 g/mol. The van der Waals surface area contributed by atoms with Crippen LogP contribution in [0.25, 0.3) is 0 Å². The molecule has 0 aromatic heterocycles. The van der Waals surface area contributed by atoms with Gasteiger partial charge in [0.05, 0.1) is 12.6 Å². The van der Waals surface area contributed by atoms with Gasteiger partial charge in [-0.15, -0.1) is 0 Å². The van der Waals surface area contributed by atoms with E-state index in [2.05, 4.69) is 15.6 Å². The molecular formula is C10H16N4O5. The largest absolute Gasteiger partial charge is 0.449 e. The van der Waals surface area contributed by atoms with E-state index in [1.54, 1.807) is 6.92 Å². The van der Waals surface area contributed by atoms with E-state index in [9.17, 15) is 19.6 Å². The minimum absolute atomic E-state index is 0.191. The lowest BCUT2D eigenvalue weighted by Gasteiger charge is -2.29. The number of fused-ring (bicyclic) bond motifs is 2. The fraction of sp³-hybridized carbons (Fsp3) is 0.700. The minimum atomic E-state index is -0.763. The molecular weight excluding hydrogens is 256 g/mol. The summed E-state index contributed by atoms with van der Waals surface area (Å²) in [6.45, 7) is 2.14. The molecule has 0 saturated carbocycles. The monoisotopic (exact) mass is 272 g/mol. The first-order chi connectivity index (χ1) is 9.04. The second-order valence-electron chi connectivity index (χ2n) is 4.36. The highest BCUT2D eigenvalue weighted by molar-refractivity contribution is 5.89. The van der Waals surface area contributed by atoms with Crippen molar-refractivity contribution in [2.45, 2.75) is 31.8 Å². The quantitative estimate of drug-likeness (QED) is 0.460. The number of piperidine rings is 1. The van der Waals surface area contributed by atoms with Gasteiger partial charge in [0.25, 0.3) is 5.91 Å². The van der Waals surface area contributed by atoms with Gasteiger partial charge in [-0.1, -0.05) is 0 Å². The highest BCUT2D eigenvalue weighted by atomic mass is 16.6. The van der Waals surface area contributed by atoms with Gasteiger partial charge >= 0.3 is 12.1 Å². The minimum Gasteiger partial charge on any atom is -0.449 e.